The number of aliphatic hydroxyl groups is 1. The third-order valence-corrected chi connectivity index (χ3v) is 3.21. The molecular weight excluding hydrogens is 311 g/mol. The van der Waals surface area contributed by atoms with Gasteiger partial charge in [0.2, 0.25) is 0 Å². The lowest BCUT2D eigenvalue weighted by atomic mass is 9.94. The molecule has 8 heteroatoms. The summed E-state index contributed by atoms with van der Waals surface area (Å²) in [4.78, 5) is 15.0. The molecule has 130 valence electrons. The number of nitrogens with one attached hydrogen (secondary N) is 2. The van der Waals surface area contributed by atoms with Gasteiger partial charge in [0.1, 0.15) is 5.69 Å². The first kappa shape index (κ1) is 19.2. The molecule has 0 saturated carbocycles. The van der Waals surface area contributed by atoms with Crippen LogP contribution in [0.3, 0.4) is 0 Å². The van der Waals surface area contributed by atoms with Crippen molar-refractivity contribution in [3.05, 3.63) is 24.0 Å². The van der Waals surface area contributed by atoms with Gasteiger partial charge in [-0.25, -0.2) is 9.78 Å². The second-order valence-corrected chi connectivity index (χ2v) is 5.77. The van der Waals surface area contributed by atoms with Crippen LogP contribution in [0, 0.1) is 11.8 Å². The van der Waals surface area contributed by atoms with Crippen molar-refractivity contribution in [1.29, 1.82) is 0 Å². The normalized spacial score (nSPS) is 13.0. The third kappa shape index (κ3) is 7.32. The molecule has 0 radical (unpaired) electrons. The number of nitrogens with zero attached hydrogens (tertiary/aromatic N) is 1. The molecule has 0 aromatic carbocycles. The Labute approximate surface area is 133 Å². The highest BCUT2D eigenvalue weighted by molar-refractivity contribution is 5.88. The molecule has 1 aromatic rings. The fourth-order valence-corrected chi connectivity index (χ4v) is 2.20. The van der Waals surface area contributed by atoms with Crippen molar-refractivity contribution >= 4 is 11.7 Å². The molecule has 1 unspecified atom stereocenters. The van der Waals surface area contributed by atoms with E-state index in [0.717, 1.165) is 24.8 Å². The van der Waals surface area contributed by atoms with Crippen molar-refractivity contribution in [1.82, 2.24) is 10.3 Å². The maximum atomic E-state index is 12.4. The van der Waals surface area contributed by atoms with Crippen molar-refractivity contribution in [3.63, 3.8) is 0 Å². The molecule has 0 saturated heterocycles. The molecule has 2 amide bonds. The molecule has 5 nitrogen and oxygen atoms in total. The van der Waals surface area contributed by atoms with Crippen LogP contribution in [0.2, 0.25) is 0 Å². The van der Waals surface area contributed by atoms with Crippen LogP contribution in [0.5, 0.6) is 0 Å². The van der Waals surface area contributed by atoms with Gasteiger partial charge in [0, 0.05) is 13.2 Å². The summed E-state index contributed by atoms with van der Waals surface area (Å²) in [5.41, 5.74) is -0.832. The number of amides is 2. The fourth-order valence-electron chi connectivity index (χ4n) is 2.20. The van der Waals surface area contributed by atoms with E-state index in [0.29, 0.717) is 18.9 Å². The number of rotatable bonds is 7. The number of anilines is 1. The average molecular weight is 333 g/mol. The van der Waals surface area contributed by atoms with Gasteiger partial charge in [0.15, 0.2) is 0 Å². The van der Waals surface area contributed by atoms with Crippen molar-refractivity contribution < 1.29 is 23.1 Å². The fraction of sp³-hybridized carbons (Fsp3) is 0.600. The van der Waals surface area contributed by atoms with Gasteiger partial charge in [-0.05, 0) is 36.8 Å². The topological polar surface area (TPSA) is 74.2 Å². The Bertz CT molecular complexity index is 490. The number of carbonyl (C=O) groups is 1. The quantitative estimate of drug-likeness (QED) is 0.717. The smallest absolute Gasteiger partial charge is 0.396 e. The summed E-state index contributed by atoms with van der Waals surface area (Å²) < 4.78 is 37.2. The van der Waals surface area contributed by atoms with E-state index in [2.05, 4.69) is 29.5 Å². The Kier molecular flexibility index (Phi) is 7.28. The molecule has 0 aliphatic carbocycles. The second-order valence-electron chi connectivity index (χ2n) is 5.77. The molecule has 1 rings (SSSR count). The Hall–Kier alpha value is -1.83. The Balaban J connectivity index is 2.49. The molecule has 1 atom stereocenters. The maximum absolute atomic E-state index is 12.4. The molecule has 3 N–H and O–H groups in total. The van der Waals surface area contributed by atoms with Crippen molar-refractivity contribution in [2.45, 2.75) is 32.9 Å². The summed E-state index contributed by atoms with van der Waals surface area (Å²) in [6, 6.07) is 1.44. The Morgan fingerprint density at radius 2 is 2.04 bits per heavy atom. The summed E-state index contributed by atoms with van der Waals surface area (Å²) in [7, 11) is 0. The molecule has 0 fully saturated rings. The predicted molar refractivity (Wildman–Crippen MR) is 80.9 cm³/mol. The lowest BCUT2D eigenvalue weighted by molar-refractivity contribution is -0.141. The maximum Gasteiger partial charge on any atom is 0.433 e. The standard InChI is InChI=1S/C15H22F3N3O2/c1-10(2)7-11(5-6-22)8-20-14(23)21-12-3-4-13(19-9-12)15(16,17)18/h3-4,9-11,22H,5-8H2,1-2H3,(H2,20,21,23). The third-order valence-electron chi connectivity index (χ3n) is 3.21. The molecule has 1 heterocycles. The first-order valence-electron chi connectivity index (χ1n) is 7.41. The second kappa shape index (κ2) is 8.71. The molecule has 0 aliphatic rings. The summed E-state index contributed by atoms with van der Waals surface area (Å²) in [6.45, 7) is 4.54. The minimum absolute atomic E-state index is 0.0451. The van der Waals surface area contributed by atoms with Gasteiger partial charge >= 0.3 is 12.2 Å². The van der Waals surface area contributed by atoms with Crippen molar-refractivity contribution in [2.75, 3.05) is 18.5 Å². The summed E-state index contributed by atoms with van der Waals surface area (Å²) in [5, 5.41) is 14.1. The number of alkyl halides is 3. The van der Waals surface area contributed by atoms with Crippen LogP contribution >= 0.6 is 0 Å². The van der Waals surface area contributed by atoms with Gasteiger partial charge in [-0.15, -0.1) is 0 Å². The van der Waals surface area contributed by atoms with E-state index in [9.17, 15) is 18.0 Å². The molecule has 0 bridgehead atoms. The summed E-state index contributed by atoms with van der Waals surface area (Å²) in [6.07, 6.45) is -2.10. The first-order valence-corrected chi connectivity index (χ1v) is 7.41. The highest BCUT2D eigenvalue weighted by Crippen LogP contribution is 2.27. The molecule has 0 aliphatic heterocycles. The minimum Gasteiger partial charge on any atom is -0.396 e. The van der Waals surface area contributed by atoms with E-state index in [1.807, 2.05) is 0 Å². The molecule has 23 heavy (non-hydrogen) atoms. The van der Waals surface area contributed by atoms with E-state index in [1.54, 1.807) is 0 Å². The van der Waals surface area contributed by atoms with Crippen LogP contribution in [-0.2, 0) is 6.18 Å². The van der Waals surface area contributed by atoms with Crippen LogP contribution in [0.4, 0.5) is 23.7 Å². The predicted octanol–water partition coefficient (Wildman–Crippen LogP) is 3.27. The number of halogens is 3. The SMILES string of the molecule is CC(C)CC(CCO)CNC(=O)Nc1ccc(C(F)(F)F)nc1. The summed E-state index contributed by atoms with van der Waals surface area (Å²) in [5.74, 6) is 0.590. The van der Waals surface area contributed by atoms with E-state index in [4.69, 9.17) is 5.11 Å². The van der Waals surface area contributed by atoms with Gasteiger partial charge in [0.25, 0.3) is 0 Å². The number of aromatic nitrogens is 1. The summed E-state index contributed by atoms with van der Waals surface area (Å²) >= 11 is 0. The Morgan fingerprint density at radius 3 is 2.52 bits per heavy atom. The van der Waals surface area contributed by atoms with Crippen LogP contribution in [0.1, 0.15) is 32.4 Å². The van der Waals surface area contributed by atoms with Crippen LogP contribution in [-0.4, -0.2) is 29.3 Å². The van der Waals surface area contributed by atoms with Gasteiger partial charge in [-0.1, -0.05) is 13.8 Å². The molecule has 0 spiro atoms. The van der Waals surface area contributed by atoms with E-state index >= 15 is 0 Å². The first-order chi connectivity index (χ1) is 10.7. The monoisotopic (exact) mass is 333 g/mol. The van der Waals surface area contributed by atoms with Gasteiger partial charge in [-0.3, -0.25) is 0 Å². The van der Waals surface area contributed by atoms with E-state index < -0.39 is 17.9 Å². The Morgan fingerprint density at radius 1 is 1.35 bits per heavy atom. The van der Waals surface area contributed by atoms with Crippen LogP contribution in [0.25, 0.3) is 0 Å². The zero-order valence-electron chi connectivity index (χ0n) is 13.2. The highest BCUT2D eigenvalue weighted by Gasteiger charge is 2.32. The van der Waals surface area contributed by atoms with E-state index in [-0.39, 0.29) is 18.2 Å². The van der Waals surface area contributed by atoms with Gasteiger partial charge in [-0.2, -0.15) is 13.2 Å². The zero-order chi connectivity index (χ0) is 17.5. The van der Waals surface area contributed by atoms with Crippen LogP contribution < -0.4 is 10.6 Å². The van der Waals surface area contributed by atoms with E-state index in [1.165, 1.54) is 0 Å². The largest absolute Gasteiger partial charge is 0.433 e. The van der Waals surface area contributed by atoms with Gasteiger partial charge in [0.05, 0.1) is 11.9 Å². The number of hydrogen-bond donors (Lipinski definition) is 3. The number of carbonyl (C=O) groups excluding carboxylic acids is 1. The number of aliphatic hydroxyl groups excluding tert-OH is 1. The zero-order valence-corrected chi connectivity index (χ0v) is 13.2. The molecular formula is C15H22F3N3O2. The average Bonchev–Trinajstić information content (AvgIpc) is 2.44. The van der Waals surface area contributed by atoms with Crippen molar-refractivity contribution in [2.24, 2.45) is 11.8 Å². The van der Waals surface area contributed by atoms with Crippen LogP contribution in [0.15, 0.2) is 18.3 Å². The number of urea groups is 1. The highest BCUT2D eigenvalue weighted by atomic mass is 19.4. The number of hydrogen-bond acceptors (Lipinski definition) is 3. The number of pyridine rings is 1. The minimum atomic E-state index is -4.50. The molecule has 1 aromatic heterocycles. The lowest BCUT2D eigenvalue weighted by Crippen LogP contribution is -2.34. The van der Waals surface area contributed by atoms with Crippen molar-refractivity contribution in [3.8, 4) is 0 Å². The lowest BCUT2D eigenvalue weighted by Gasteiger charge is -2.18. The van der Waals surface area contributed by atoms with Gasteiger partial charge < -0.3 is 15.7 Å².